The topological polar surface area (TPSA) is 106 Å². The molecule has 176 valence electrons. The van der Waals surface area contributed by atoms with Crippen LogP contribution >= 0.6 is 0 Å². The van der Waals surface area contributed by atoms with E-state index in [4.69, 9.17) is 14.2 Å². The molecule has 1 aromatic rings. The fraction of sp³-hybridized carbons (Fsp3) is 0.542. The van der Waals surface area contributed by atoms with E-state index in [0.717, 1.165) is 42.6 Å². The second-order valence-electron chi connectivity index (χ2n) is 9.30. The van der Waals surface area contributed by atoms with Crippen molar-refractivity contribution in [2.24, 2.45) is 0 Å². The summed E-state index contributed by atoms with van der Waals surface area (Å²) in [7, 11) is 0. The minimum absolute atomic E-state index is 0.0112. The molecule has 2 fully saturated rings. The summed E-state index contributed by atoms with van der Waals surface area (Å²) in [6, 6.07) is 3.54. The van der Waals surface area contributed by atoms with Crippen LogP contribution in [0.2, 0.25) is 0 Å². The number of piperidine rings is 1. The quantitative estimate of drug-likeness (QED) is 0.675. The minimum Gasteiger partial charge on any atom is -0.457 e. The van der Waals surface area contributed by atoms with Crippen molar-refractivity contribution in [3.63, 3.8) is 0 Å². The molecule has 5 rings (SSSR count). The molecule has 4 aliphatic heterocycles. The lowest BCUT2D eigenvalue weighted by molar-refractivity contribution is -0.168. The number of esters is 2. The number of benzene rings is 1. The number of cyclic esters (lactones) is 2. The van der Waals surface area contributed by atoms with E-state index in [1.54, 1.807) is 17.9 Å². The fourth-order valence-electron chi connectivity index (χ4n) is 5.23. The van der Waals surface area contributed by atoms with Crippen LogP contribution in [0.15, 0.2) is 23.4 Å². The molecule has 1 aromatic carbocycles. The SMILES string of the molecule is CC1=C(N2CC3(CCN(CC(O)c4ccc5c(c4C)COC5=O)CC3)OCC2=O)COC1=O. The number of rotatable bonds is 4. The zero-order valence-electron chi connectivity index (χ0n) is 18.9. The zero-order valence-corrected chi connectivity index (χ0v) is 18.9. The van der Waals surface area contributed by atoms with Crippen molar-refractivity contribution in [3.8, 4) is 0 Å². The molecule has 1 atom stereocenters. The molecule has 1 amide bonds. The highest BCUT2D eigenvalue weighted by atomic mass is 16.5. The summed E-state index contributed by atoms with van der Waals surface area (Å²) < 4.78 is 16.2. The number of amides is 1. The van der Waals surface area contributed by atoms with E-state index in [9.17, 15) is 19.5 Å². The summed E-state index contributed by atoms with van der Waals surface area (Å²) in [6.45, 7) is 6.29. The Morgan fingerprint density at radius 2 is 1.76 bits per heavy atom. The van der Waals surface area contributed by atoms with Crippen molar-refractivity contribution in [2.75, 3.05) is 39.4 Å². The summed E-state index contributed by atoms with van der Waals surface area (Å²) in [5, 5.41) is 10.9. The predicted molar refractivity (Wildman–Crippen MR) is 115 cm³/mol. The lowest BCUT2D eigenvalue weighted by Gasteiger charge is -2.47. The zero-order chi connectivity index (χ0) is 23.3. The first-order valence-corrected chi connectivity index (χ1v) is 11.3. The number of carbonyl (C=O) groups is 3. The van der Waals surface area contributed by atoms with Gasteiger partial charge in [0, 0.05) is 25.2 Å². The standard InChI is InChI=1S/C24H28N2O7/c1-14-16(3-4-17-18(14)10-31-23(17)30)20(27)9-25-7-5-24(6-8-25)13-26(21(28)12-33-24)19-11-32-22(29)15(19)2/h3-4,20,27H,5-13H2,1-2H3. The molecule has 4 aliphatic rings. The first-order chi connectivity index (χ1) is 15.8. The molecular formula is C24H28N2O7. The number of morpholine rings is 1. The number of nitrogens with zero attached hydrogens (tertiary/aromatic N) is 2. The van der Waals surface area contributed by atoms with Gasteiger partial charge in [0.1, 0.15) is 19.8 Å². The van der Waals surface area contributed by atoms with Crippen LogP contribution in [0.25, 0.3) is 0 Å². The van der Waals surface area contributed by atoms with Crippen molar-refractivity contribution in [3.05, 3.63) is 45.7 Å². The number of aliphatic hydroxyl groups is 1. The largest absolute Gasteiger partial charge is 0.457 e. The third kappa shape index (κ3) is 3.84. The molecule has 1 spiro atoms. The van der Waals surface area contributed by atoms with E-state index >= 15 is 0 Å². The Labute approximate surface area is 191 Å². The smallest absolute Gasteiger partial charge is 0.338 e. The van der Waals surface area contributed by atoms with Crippen LogP contribution in [-0.2, 0) is 30.4 Å². The second-order valence-corrected chi connectivity index (χ2v) is 9.30. The Bertz CT molecular complexity index is 1060. The molecule has 9 nitrogen and oxygen atoms in total. The van der Waals surface area contributed by atoms with Gasteiger partial charge in [-0.1, -0.05) is 6.07 Å². The van der Waals surface area contributed by atoms with Gasteiger partial charge in [-0.3, -0.25) is 4.79 Å². The van der Waals surface area contributed by atoms with Gasteiger partial charge >= 0.3 is 11.9 Å². The Balaban J connectivity index is 1.23. The lowest BCUT2D eigenvalue weighted by atomic mass is 9.88. The van der Waals surface area contributed by atoms with Gasteiger partial charge in [-0.2, -0.15) is 0 Å². The maximum Gasteiger partial charge on any atom is 0.338 e. The minimum atomic E-state index is -0.681. The van der Waals surface area contributed by atoms with Crippen molar-refractivity contribution < 1.29 is 33.7 Å². The summed E-state index contributed by atoms with van der Waals surface area (Å²) in [6.07, 6.45) is 0.756. The maximum absolute atomic E-state index is 12.5. The van der Waals surface area contributed by atoms with E-state index in [2.05, 4.69) is 4.90 Å². The van der Waals surface area contributed by atoms with Gasteiger partial charge in [-0.15, -0.1) is 0 Å². The molecular weight excluding hydrogens is 428 g/mol. The van der Waals surface area contributed by atoms with Crippen molar-refractivity contribution in [1.82, 2.24) is 9.80 Å². The van der Waals surface area contributed by atoms with Gasteiger partial charge in [-0.25, -0.2) is 9.59 Å². The number of ether oxygens (including phenoxy) is 3. The molecule has 4 heterocycles. The molecule has 0 radical (unpaired) electrons. The van der Waals surface area contributed by atoms with Crippen LogP contribution in [-0.4, -0.2) is 77.7 Å². The summed E-state index contributed by atoms with van der Waals surface area (Å²) >= 11 is 0. The number of carbonyl (C=O) groups excluding carboxylic acids is 3. The van der Waals surface area contributed by atoms with E-state index in [-0.39, 0.29) is 37.7 Å². The normalized spacial score (nSPS) is 23.7. The van der Waals surface area contributed by atoms with Crippen molar-refractivity contribution in [1.29, 1.82) is 0 Å². The van der Waals surface area contributed by atoms with Gasteiger partial charge in [-0.05, 0) is 43.9 Å². The van der Waals surface area contributed by atoms with Crippen molar-refractivity contribution in [2.45, 2.75) is 45.0 Å². The molecule has 1 N–H and O–H groups in total. The first kappa shape index (κ1) is 22.1. The Hall–Kier alpha value is -2.75. The van der Waals surface area contributed by atoms with Crippen LogP contribution in [0.4, 0.5) is 0 Å². The first-order valence-electron chi connectivity index (χ1n) is 11.3. The van der Waals surface area contributed by atoms with E-state index in [1.165, 1.54) is 0 Å². The van der Waals surface area contributed by atoms with Crippen LogP contribution in [0.3, 0.4) is 0 Å². The summed E-state index contributed by atoms with van der Waals surface area (Å²) in [5.41, 5.74) is 3.81. The molecule has 9 heteroatoms. The lowest BCUT2D eigenvalue weighted by Crippen LogP contribution is -2.58. The van der Waals surface area contributed by atoms with Crippen LogP contribution in [0, 0.1) is 6.92 Å². The van der Waals surface area contributed by atoms with E-state index < -0.39 is 11.7 Å². The Kier molecular flexibility index (Phi) is 5.50. The monoisotopic (exact) mass is 456 g/mol. The van der Waals surface area contributed by atoms with Gasteiger partial charge in [0.05, 0.1) is 35.1 Å². The second kappa shape index (κ2) is 8.23. The number of β-amino-alcohol motifs (C(OH)–C–C–N with tert-alkyl or cyclic N) is 1. The third-order valence-corrected chi connectivity index (χ3v) is 7.42. The molecule has 0 bridgehead atoms. The van der Waals surface area contributed by atoms with Gasteiger partial charge in [0.2, 0.25) is 0 Å². The van der Waals surface area contributed by atoms with E-state index in [1.807, 2.05) is 13.0 Å². The Morgan fingerprint density at radius 1 is 1.03 bits per heavy atom. The molecule has 2 saturated heterocycles. The summed E-state index contributed by atoms with van der Waals surface area (Å²) in [5.74, 6) is -0.837. The van der Waals surface area contributed by atoms with Crippen LogP contribution < -0.4 is 0 Å². The molecule has 33 heavy (non-hydrogen) atoms. The predicted octanol–water partition coefficient (Wildman–Crippen LogP) is 1.22. The van der Waals surface area contributed by atoms with Crippen molar-refractivity contribution >= 4 is 17.8 Å². The van der Waals surface area contributed by atoms with Crippen LogP contribution in [0.1, 0.15) is 52.9 Å². The average Bonchev–Trinajstić information content (AvgIpc) is 3.35. The molecule has 1 unspecified atom stereocenters. The number of likely N-dealkylation sites (tertiary alicyclic amines) is 1. The average molecular weight is 456 g/mol. The fourth-order valence-corrected chi connectivity index (χ4v) is 5.23. The third-order valence-electron chi connectivity index (χ3n) is 7.42. The highest BCUT2D eigenvalue weighted by molar-refractivity contribution is 5.94. The number of fused-ring (bicyclic) bond motifs is 1. The maximum atomic E-state index is 12.5. The highest BCUT2D eigenvalue weighted by Gasteiger charge is 2.44. The van der Waals surface area contributed by atoms with Gasteiger partial charge < -0.3 is 29.1 Å². The molecule has 0 saturated carbocycles. The molecule has 0 aromatic heterocycles. The highest BCUT2D eigenvalue weighted by Crippen LogP contribution is 2.35. The van der Waals surface area contributed by atoms with Gasteiger partial charge in [0.15, 0.2) is 0 Å². The number of aliphatic hydroxyl groups excluding tert-OH is 1. The number of hydrogen-bond donors (Lipinski definition) is 1. The molecule has 0 aliphatic carbocycles. The Morgan fingerprint density at radius 3 is 2.45 bits per heavy atom. The van der Waals surface area contributed by atoms with Gasteiger partial charge in [0.25, 0.3) is 5.91 Å². The summed E-state index contributed by atoms with van der Waals surface area (Å²) in [4.78, 5) is 39.9. The number of hydrogen-bond acceptors (Lipinski definition) is 8. The van der Waals surface area contributed by atoms with Crippen LogP contribution in [0.5, 0.6) is 0 Å². The van der Waals surface area contributed by atoms with E-state index in [0.29, 0.717) is 29.9 Å².